The molecule has 1 aromatic carbocycles. The fraction of sp³-hybridized carbons (Fsp3) is 0.500. The lowest BCUT2D eigenvalue weighted by Crippen LogP contribution is -2.54. The van der Waals surface area contributed by atoms with Crippen molar-refractivity contribution >= 4 is 17.9 Å². The van der Waals surface area contributed by atoms with Gasteiger partial charge in [-0.25, -0.2) is 9.59 Å². The number of carbonyl (C=O) groups is 3. The summed E-state index contributed by atoms with van der Waals surface area (Å²) in [6.07, 6.45) is 5.50. The summed E-state index contributed by atoms with van der Waals surface area (Å²) < 4.78 is 16.2. The summed E-state index contributed by atoms with van der Waals surface area (Å²) in [5, 5.41) is 0. The van der Waals surface area contributed by atoms with E-state index in [-0.39, 0.29) is 25.0 Å². The Labute approximate surface area is 163 Å². The van der Waals surface area contributed by atoms with Gasteiger partial charge in [-0.05, 0) is 44.1 Å². The van der Waals surface area contributed by atoms with Crippen LogP contribution >= 0.6 is 0 Å². The van der Waals surface area contributed by atoms with Crippen molar-refractivity contribution < 1.29 is 28.6 Å². The maximum atomic E-state index is 13.3. The van der Waals surface area contributed by atoms with Gasteiger partial charge < -0.3 is 14.2 Å². The number of hydrogen-bond donors (Lipinski definition) is 0. The summed E-state index contributed by atoms with van der Waals surface area (Å²) >= 11 is 0. The zero-order valence-corrected chi connectivity index (χ0v) is 16.1. The minimum Gasteiger partial charge on any atom is -0.463 e. The number of hydrogen-bond acceptors (Lipinski definition) is 6. The van der Waals surface area contributed by atoms with Crippen LogP contribution in [0.15, 0.2) is 42.5 Å². The average molecular weight is 384 g/mol. The van der Waals surface area contributed by atoms with Crippen LogP contribution in [0.25, 0.3) is 0 Å². The third-order valence-electron chi connectivity index (χ3n) is 6.28. The van der Waals surface area contributed by atoms with E-state index < -0.39 is 34.8 Å². The number of allylic oxidation sites excluding steroid dienone is 2. The van der Waals surface area contributed by atoms with Crippen LogP contribution in [0.4, 0.5) is 0 Å². The van der Waals surface area contributed by atoms with E-state index in [0.717, 1.165) is 6.42 Å². The molecular weight excluding hydrogens is 360 g/mol. The molecule has 2 bridgehead atoms. The molecule has 1 aromatic rings. The van der Waals surface area contributed by atoms with E-state index in [1.807, 2.05) is 36.4 Å². The topological polar surface area (TPSA) is 78.9 Å². The Hall–Kier alpha value is -2.63. The highest BCUT2D eigenvalue weighted by Crippen LogP contribution is 2.66. The molecule has 0 radical (unpaired) electrons. The Bertz CT molecular complexity index is 811. The highest BCUT2D eigenvalue weighted by Gasteiger charge is 2.77. The van der Waals surface area contributed by atoms with Gasteiger partial charge in [0.1, 0.15) is 0 Å². The molecule has 6 heteroatoms. The number of fused-ring (bicyclic) bond motifs is 3. The minimum atomic E-state index is -2.12. The molecule has 4 rings (SSSR count). The van der Waals surface area contributed by atoms with Gasteiger partial charge in [0.25, 0.3) is 0 Å². The highest BCUT2D eigenvalue weighted by molar-refractivity contribution is 6.10. The number of ether oxygens (including phenoxy) is 3. The molecule has 3 aliphatic rings. The molecular formula is C22H24O6. The predicted molar refractivity (Wildman–Crippen MR) is 99.1 cm³/mol. The van der Waals surface area contributed by atoms with Gasteiger partial charge in [0, 0.05) is 0 Å². The lowest BCUT2D eigenvalue weighted by molar-refractivity contribution is -0.190. The Morgan fingerprint density at radius 2 is 1.71 bits per heavy atom. The normalized spacial score (nSPS) is 31.8. The second kappa shape index (κ2) is 6.76. The fourth-order valence-electron chi connectivity index (χ4n) is 5.30. The maximum Gasteiger partial charge on any atom is 0.363 e. The van der Waals surface area contributed by atoms with Crippen molar-refractivity contribution in [3.63, 3.8) is 0 Å². The van der Waals surface area contributed by atoms with Gasteiger partial charge in [-0.3, -0.25) is 4.79 Å². The molecule has 1 spiro atoms. The van der Waals surface area contributed by atoms with Crippen LogP contribution in [-0.2, 0) is 28.6 Å². The maximum absolute atomic E-state index is 13.3. The third-order valence-corrected chi connectivity index (χ3v) is 6.28. The first kappa shape index (κ1) is 18.7. The Morgan fingerprint density at radius 3 is 2.21 bits per heavy atom. The van der Waals surface area contributed by atoms with Crippen LogP contribution in [0.2, 0.25) is 0 Å². The number of esters is 3. The van der Waals surface area contributed by atoms with Crippen molar-refractivity contribution in [2.45, 2.75) is 38.2 Å². The van der Waals surface area contributed by atoms with Gasteiger partial charge in [-0.1, -0.05) is 42.5 Å². The molecule has 2 aliphatic carbocycles. The molecule has 2 fully saturated rings. The fourth-order valence-corrected chi connectivity index (χ4v) is 5.30. The molecule has 4 atom stereocenters. The number of cyclic esters (lactones) is 1. The van der Waals surface area contributed by atoms with Gasteiger partial charge >= 0.3 is 23.5 Å². The Morgan fingerprint density at radius 1 is 1.07 bits per heavy atom. The predicted octanol–water partition coefficient (Wildman–Crippen LogP) is 2.77. The van der Waals surface area contributed by atoms with Crippen molar-refractivity contribution in [2.75, 3.05) is 13.2 Å². The Kier molecular flexibility index (Phi) is 4.52. The first-order chi connectivity index (χ1) is 13.5. The minimum absolute atomic E-state index is 0.0675. The lowest BCUT2D eigenvalue weighted by Gasteiger charge is -2.37. The van der Waals surface area contributed by atoms with Crippen LogP contribution in [0.5, 0.6) is 0 Å². The van der Waals surface area contributed by atoms with E-state index in [1.165, 1.54) is 0 Å². The molecule has 0 aromatic heterocycles. The van der Waals surface area contributed by atoms with Crippen LogP contribution < -0.4 is 0 Å². The molecule has 1 saturated carbocycles. The van der Waals surface area contributed by atoms with E-state index in [2.05, 4.69) is 6.08 Å². The third kappa shape index (κ3) is 2.36. The summed E-state index contributed by atoms with van der Waals surface area (Å²) in [4.78, 5) is 39.6. The van der Waals surface area contributed by atoms with Crippen LogP contribution in [0, 0.1) is 17.3 Å². The van der Waals surface area contributed by atoms with Crippen LogP contribution in [0.1, 0.15) is 38.2 Å². The summed E-state index contributed by atoms with van der Waals surface area (Å²) in [7, 11) is 0. The van der Waals surface area contributed by atoms with Gasteiger partial charge in [0.15, 0.2) is 0 Å². The van der Waals surface area contributed by atoms with Crippen molar-refractivity contribution in [3.8, 4) is 0 Å². The molecule has 1 heterocycles. The lowest BCUT2D eigenvalue weighted by atomic mass is 9.60. The highest BCUT2D eigenvalue weighted by atomic mass is 16.6. The number of rotatable bonds is 5. The zero-order chi connectivity index (χ0) is 19.9. The summed E-state index contributed by atoms with van der Waals surface area (Å²) in [5.41, 5.74) is -2.39. The van der Waals surface area contributed by atoms with Gasteiger partial charge in [0.05, 0.1) is 24.5 Å². The van der Waals surface area contributed by atoms with Gasteiger partial charge in [0.2, 0.25) is 0 Å². The SMILES string of the molecule is CCOC(=O)C1(C(=O)OCC)OC(=O)[C@@]2(C[C@H]3C=C[C@@H]2C3)[C@H]1c1ccccc1. The van der Waals surface area contributed by atoms with Gasteiger partial charge in [-0.15, -0.1) is 0 Å². The van der Waals surface area contributed by atoms with Crippen molar-refractivity contribution in [2.24, 2.45) is 17.3 Å². The standard InChI is InChI=1S/C22H24O6/c1-3-26-19(24)22(20(25)27-4-2)17(15-8-6-5-7-9-15)21(18(23)28-22)13-14-10-11-16(21)12-14/h5-11,14,16-17H,3-4,12-13H2,1-2H3/t14-,16+,17+,21+/m0/s1. The van der Waals surface area contributed by atoms with E-state index in [9.17, 15) is 14.4 Å². The van der Waals surface area contributed by atoms with Crippen molar-refractivity contribution in [3.05, 3.63) is 48.0 Å². The van der Waals surface area contributed by atoms with Crippen LogP contribution in [-0.4, -0.2) is 36.7 Å². The summed E-state index contributed by atoms with van der Waals surface area (Å²) in [6.45, 7) is 3.44. The molecule has 148 valence electrons. The number of carbonyl (C=O) groups excluding carboxylic acids is 3. The van der Waals surface area contributed by atoms with Crippen LogP contribution in [0.3, 0.4) is 0 Å². The van der Waals surface area contributed by atoms with E-state index in [0.29, 0.717) is 12.0 Å². The smallest absolute Gasteiger partial charge is 0.363 e. The zero-order valence-electron chi connectivity index (χ0n) is 16.1. The molecule has 0 unspecified atom stereocenters. The molecule has 28 heavy (non-hydrogen) atoms. The quantitative estimate of drug-likeness (QED) is 0.336. The first-order valence-corrected chi connectivity index (χ1v) is 9.81. The largest absolute Gasteiger partial charge is 0.463 e. The first-order valence-electron chi connectivity index (χ1n) is 9.81. The second-order valence-electron chi connectivity index (χ2n) is 7.64. The summed E-state index contributed by atoms with van der Waals surface area (Å²) in [5.74, 6) is -2.88. The summed E-state index contributed by atoms with van der Waals surface area (Å²) in [6, 6.07) is 9.17. The Balaban J connectivity index is 1.94. The molecule has 1 saturated heterocycles. The molecule has 0 N–H and O–H groups in total. The molecule has 0 amide bonds. The van der Waals surface area contributed by atoms with Gasteiger partial charge in [-0.2, -0.15) is 0 Å². The van der Waals surface area contributed by atoms with Crippen molar-refractivity contribution in [1.82, 2.24) is 0 Å². The van der Waals surface area contributed by atoms with Crippen molar-refractivity contribution in [1.29, 1.82) is 0 Å². The average Bonchev–Trinajstić information content (AvgIpc) is 3.36. The number of benzene rings is 1. The second-order valence-corrected chi connectivity index (χ2v) is 7.64. The monoisotopic (exact) mass is 384 g/mol. The molecule has 6 nitrogen and oxygen atoms in total. The van der Waals surface area contributed by atoms with E-state index in [4.69, 9.17) is 14.2 Å². The van der Waals surface area contributed by atoms with E-state index in [1.54, 1.807) is 13.8 Å². The van der Waals surface area contributed by atoms with E-state index >= 15 is 0 Å². The molecule has 1 aliphatic heterocycles.